The molecule has 24 heavy (non-hydrogen) atoms. The average Bonchev–Trinajstić information content (AvgIpc) is 2.68. The molecule has 0 spiro atoms. The summed E-state index contributed by atoms with van der Waals surface area (Å²) >= 11 is 0. The molecule has 3 aromatic rings. The van der Waals surface area contributed by atoms with Crippen LogP contribution in [0.4, 0.5) is 5.82 Å². The van der Waals surface area contributed by atoms with Gasteiger partial charge in [0.1, 0.15) is 12.1 Å². The molecule has 1 aromatic carbocycles. The number of anilines is 1. The molecule has 1 aliphatic heterocycles. The summed E-state index contributed by atoms with van der Waals surface area (Å²) in [7, 11) is 0. The molecule has 3 heterocycles. The Labute approximate surface area is 140 Å². The summed E-state index contributed by atoms with van der Waals surface area (Å²) in [6.07, 6.45) is 7.19. The summed E-state index contributed by atoms with van der Waals surface area (Å²) < 4.78 is 0. The van der Waals surface area contributed by atoms with Gasteiger partial charge in [-0.05, 0) is 42.2 Å². The van der Waals surface area contributed by atoms with Crippen LogP contribution in [0.5, 0.6) is 0 Å². The van der Waals surface area contributed by atoms with Crippen molar-refractivity contribution in [2.75, 3.05) is 18.0 Å². The number of hydrogen-bond donors (Lipinski definition) is 0. The van der Waals surface area contributed by atoms with Crippen LogP contribution < -0.4 is 4.90 Å². The van der Waals surface area contributed by atoms with E-state index >= 15 is 0 Å². The summed E-state index contributed by atoms with van der Waals surface area (Å²) in [5.74, 6) is 0.990. The maximum absolute atomic E-state index is 9.29. The van der Waals surface area contributed by atoms with Gasteiger partial charge in [-0.3, -0.25) is 4.98 Å². The van der Waals surface area contributed by atoms with Gasteiger partial charge in [-0.1, -0.05) is 12.1 Å². The van der Waals surface area contributed by atoms with Crippen LogP contribution in [0, 0.1) is 17.2 Å². The Morgan fingerprint density at radius 1 is 1.12 bits per heavy atom. The number of hydrogen-bond acceptors (Lipinski definition) is 5. The minimum Gasteiger partial charge on any atom is -0.355 e. The monoisotopic (exact) mass is 315 g/mol. The van der Waals surface area contributed by atoms with Gasteiger partial charge in [-0.25, -0.2) is 9.97 Å². The van der Waals surface area contributed by atoms with Crippen molar-refractivity contribution in [2.45, 2.75) is 12.8 Å². The van der Waals surface area contributed by atoms with Gasteiger partial charge in [0.2, 0.25) is 0 Å². The lowest BCUT2D eigenvalue weighted by atomic mass is 9.97. The van der Waals surface area contributed by atoms with E-state index in [1.807, 2.05) is 24.3 Å². The minimum atomic E-state index is 0.0665. The topological polar surface area (TPSA) is 65.7 Å². The highest BCUT2D eigenvalue weighted by molar-refractivity contribution is 6.01. The Morgan fingerprint density at radius 2 is 2.00 bits per heavy atom. The number of piperidine rings is 1. The first kappa shape index (κ1) is 14.6. The van der Waals surface area contributed by atoms with Crippen molar-refractivity contribution in [3.63, 3.8) is 0 Å². The smallest absolute Gasteiger partial charge is 0.140 e. The fourth-order valence-corrected chi connectivity index (χ4v) is 3.38. The van der Waals surface area contributed by atoms with Crippen LogP contribution >= 0.6 is 0 Å². The van der Waals surface area contributed by atoms with Gasteiger partial charge in [0, 0.05) is 25.5 Å². The van der Waals surface area contributed by atoms with Crippen LogP contribution in [-0.2, 0) is 0 Å². The molecular weight excluding hydrogens is 298 g/mol. The Bertz CT molecular complexity index is 895. The number of nitriles is 1. The van der Waals surface area contributed by atoms with Gasteiger partial charge in [-0.15, -0.1) is 0 Å². The second kappa shape index (κ2) is 6.25. The summed E-state index contributed by atoms with van der Waals surface area (Å²) in [6.45, 7) is 1.66. The lowest BCUT2D eigenvalue weighted by molar-refractivity contribution is 0.491. The Hall–Kier alpha value is -3.00. The van der Waals surface area contributed by atoms with E-state index < -0.39 is 0 Å². The zero-order chi connectivity index (χ0) is 16.4. The third-order valence-electron chi connectivity index (χ3n) is 4.54. The van der Waals surface area contributed by atoms with Crippen molar-refractivity contribution in [3.05, 3.63) is 49.1 Å². The van der Waals surface area contributed by atoms with Gasteiger partial charge in [0.05, 0.1) is 22.9 Å². The molecule has 0 radical (unpaired) electrons. The fraction of sp³-hybridized carbons (Fsp3) is 0.263. The molecule has 2 aromatic heterocycles. The van der Waals surface area contributed by atoms with E-state index in [0.29, 0.717) is 0 Å². The summed E-state index contributed by atoms with van der Waals surface area (Å²) in [4.78, 5) is 15.4. The number of nitrogens with zero attached hydrogens (tertiary/aromatic N) is 5. The molecule has 0 N–H and O–H groups in total. The molecule has 1 saturated heterocycles. The van der Waals surface area contributed by atoms with Crippen LogP contribution in [0.2, 0.25) is 0 Å². The fourth-order valence-electron chi connectivity index (χ4n) is 3.38. The normalized spacial score (nSPS) is 17.6. The number of rotatable bonds is 2. The highest BCUT2D eigenvalue weighted by atomic mass is 15.2. The van der Waals surface area contributed by atoms with Crippen molar-refractivity contribution in [1.29, 1.82) is 5.26 Å². The first-order chi connectivity index (χ1) is 11.9. The van der Waals surface area contributed by atoms with E-state index in [4.69, 9.17) is 0 Å². The van der Waals surface area contributed by atoms with Gasteiger partial charge in [-0.2, -0.15) is 5.26 Å². The molecular formula is C19H17N5. The third-order valence-corrected chi connectivity index (χ3v) is 4.54. The molecule has 0 amide bonds. The van der Waals surface area contributed by atoms with Crippen molar-refractivity contribution in [2.24, 2.45) is 5.92 Å². The van der Waals surface area contributed by atoms with E-state index in [1.54, 1.807) is 18.7 Å². The molecule has 0 aliphatic carbocycles. The van der Waals surface area contributed by atoms with Gasteiger partial charge >= 0.3 is 0 Å². The van der Waals surface area contributed by atoms with Crippen molar-refractivity contribution in [3.8, 4) is 17.2 Å². The second-order valence-corrected chi connectivity index (χ2v) is 6.05. The van der Waals surface area contributed by atoms with Crippen molar-refractivity contribution < 1.29 is 0 Å². The largest absolute Gasteiger partial charge is 0.355 e. The van der Waals surface area contributed by atoms with E-state index in [1.165, 1.54) is 0 Å². The summed E-state index contributed by atoms with van der Waals surface area (Å²) in [5, 5.41) is 10.3. The van der Waals surface area contributed by atoms with Crippen LogP contribution in [0.1, 0.15) is 12.8 Å². The number of pyridine rings is 1. The molecule has 118 valence electrons. The zero-order valence-corrected chi connectivity index (χ0v) is 13.3. The molecule has 1 unspecified atom stereocenters. The van der Waals surface area contributed by atoms with Crippen LogP contribution in [0.25, 0.3) is 22.0 Å². The third kappa shape index (κ3) is 2.56. The summed E-state index contributed by atoms with van der Waals surface area (Å²) in [5.41, 5.74) is 3.12. The number of fused-ring (bicyclic) bond motifs is 1. The standard InChI is InChI=1S/C19H17N5/c20-11-14-3-2-10-24(12-14)19-18-16(15-6-8-21-9-7-15)4-1-5-17(18)22-13-23-19/h1,4-9,13-14H,2-3,10,12H2. The van der Waals surface area contributed by atoms with Crippen molar-refractivity contribution >= 4 is 16.7 Å². The quantitative estimate of drug-likeness (QED) is 0.725. The van der Waals surface area contributed by atoms with Crippen LogP contribution in [0.3, 0.4) is 0 Å². The molecule has 1 aliphatic rings. The molecule has 0 bridgehead atoms. The zero-order valence-electron chi connectivity index (χ0n) is 13.3. The molecule has 5 nitrogen and oxygen atoms in total. The SMILES string of the molecule is N#CC1CCCN(c2ncnc3cccc(-c4ccncc4)c23)C1. The Balaban J connectivity index is 1.89. The first-order valence-corrected chi connectivity index (χ1v) is 8.15. The maximum atomic E-state index is 9.29. The second-order valence-electron chi connectivity index (χ2n) is 6.05. The molecule has 1 fully saturated rings. The first-order valence-electron chi connectivity index (χ1n) is 8.15. The Morgan fingerprint density at radius 3 is 2.83 bits per heavy atom. The van der Waals surface area contributed by atoms with Crippen LogP contribution in [0.15, 0.2) is 49.1 Å². The molecule has 0 saturated carbocycles. The molecule has 4 rings (SSSR count). The van der Waals surface area contributed by atoms with E-state index in [9.17, 15) is 5.26 Å². The van der Waals surface area contributed by atoms with E-state index in [-0.39, 0.29) is 5.92 Å². The van der Waals surface area contributed by atoms with Crippen LogP contribution in [-0.4, -0.2) is 28.0 Å². The predicted octanol–water partition coefficient (Wildman–Crippen LogP) is 3.43. The Kier molecular flexibility index (Phi) is 3.80. The highest BCUT2D eigenvalue weighted by Crippen LogP contribution is 2.34. The number of aromatic nitrogens is 3. The highest BCUT2D eigenvalue weighted by Gasteiger charge is 2.23. The van der Waals surface area contributed by atoms with Gasteiger partial charge in [0.25, 0.3) is 0 Å². The molecule has 5 heteroatoms. The lowest BCUT2D eigenvalue weighted by Crippen LogP contribution is -2.35. The lowest BCUT2D eigenvalue weighted by Gasteiger charge is -2.31. The predicted molar refractivity (Wildman–Crippen MR) is 93.3 cm³/mol. The molecule has 1 atom stereocenters. The van der Waals surface area contributed by atoms with Crippen molar-refractivity contribution in [1.82, 2.24) is 15.0 Å². The maximum Gasteiger partial charge on any atom is 0.140 e. The van der Waals surface area contributed by atoms with E-state index in [0.717, 1.165) is 53.8 Å². The van der Waals surface area contributed by atoms with E-state index in [2.05, 4.69) is 32.0 Å². The van der Waals surface area contributed by atoms with Gasteiger partial charge < -0.3 is 4.90 Å². The average molecular weight is 315 g/mol. The number of benzene rings is 1. The minimum absolute atomic E-state index is 0.0665. The summed E-state index contributed by atoms with van der Waals surface area (Å²) in [6, 6.07) is 12.5. The van der Waals surface area contributed by atoms with Gasteiger partial charge in [0.15, 0.2) is 0 Å².